The molecule has 0 heterocycles. The summed E-state index contributed by atoms with van der Waals surface area (Å²) in [5.74, 6) is 0. The Morgan fingerprint density at radius 3 is 1.22 bits per heavy atom. The van der Waals surface area contributed by atoms with Crippen molar-refractivity contribution in [3.8, 4) is 0 Å². The second kappa shape index (κ2) is 29.8. The van der Waals surface area contributed by atoms with Crippen molar-refractivity contribution in [1.29, 1.82) is 0 Å². The van der Waals surface area contributed by atoms with Gasteiger partial charge in [0, 0.05) is 26.6 Å². The van der Waals surface area contributed by atoms with Gasteiger partial charge >= 0.3 is 0 Å². The maximum Gasteiger partial charge on any atom is 0.0633 e. The molecule has 0 atom stereocenters. The molecule has 2 aromatic rings. The molecular formula is C42H68N2Pd. The minimum absolute atomic E-state index is 0. The number of hydrogen-bond donors (Lipinski definition) is 0. The standard InChI is InChI=1S/C42H68N2.Pd/c1-4-7-10-13-15-17-19-21-23-26-38-29-33-40(34-30-38)43-37-42(28-25-12-9-6-3)44-41-35-31-39(32-36-41)27-24-22-20-18-16-14-11-8-5-2;/h29-37H,4-28H2,1-3H3;/b43-37+,44-42+;. The molecule has 0 saturated carbocycles. The molecule has 0 radical (unpaired) electrons. The van der Waals surface area contributed by atoms with Crippen LogP contribution in [0, 0.1) is 0 Å². The summed E-state index contributed by atoms with van der Waals surface area (Å²) in [6.07, 6.45) is 35.2. The number of nitrogens with zero attached hydrogens (tertiary/aromatic N) is 2. The molecular weight excluding hydrogens is 639 g/mol. The summed E-state index contributed by atoms with van der Waals surface area (Å²) in [5, 5.41) is 0. The quantitative estimate of drug-likeness (QED) is 0.0478. The van der Waals surface area contributed by atoms with Gasteiger partial charge in [-0.25, -0.2) is 0 Å². The van der Waals surface area contributed by atoms with Gasteiger partial charge in [-0.15, -0.1) is 0 Å². The predicted molar refractivity (Wildman–Crippen MR) is 199 cm³/mol. The van der Waals surface area contributed by atoms with Crippen LogP contribution in [0.3, 0.4) is 0 Å². The molecule has 2 nitrogen and oxygen atoms in total. The van der Waals surface area contributed by atoms with Gasteiger partial charge in [0.1, 0.15) is 0 Å². The fourth-order valence-electron chi connectivity index (χ4n) is 5.96. The zero-order valence-electron chi connectivity index (χ0n) is 29.6. The van der Waals surface area contributed by atoms with Crippen LogP contribution >= 0.6 is 0 Å². The van der Waals surface area contributed by atoms with Crippen LogP contribution < -0.4 is 0 Å². The van der Waals surface area contributed by atoms with Gasteiger partial charge < -0.3 is 0 Å². The number of rotatable bonds is 28. The maximum absolute atomic E-state index is 5.03. The van der Waals surface area contributed by atoms with E-state index in [1.54, 1.807) is 0 Å². The van der Waals surface area contributed by atoms with E-state index in [9.17, 15) is 0 Å². The molecule has 0 amide bonds. The number of benzene rings is 2. The largest absolute Gasteiger partial charge is 0.255 e. The SMILES string of the molecule is CCCCCCCCCCCc1ccc(/N=C/C(CCCCCC)=N/c2ccc(CCCCCCCCCCC)cc2)cc1.[Pd]. The molecule has 0 aliphatic rings. The molecule has 0 N–H and O–H groups in total. The van der Waals surface area contributed by atoms with Crippen molar-refractivity contribution in [3.63, 3.8) is 0 Å². The first kappa shape index (κ1) is 41.5. The number of aliphatic imine (C=N–C) groups is 2. The second-order valence-corrected chi connectivity index (χ2v) is 13.2. The molecule has 0 unspecified atom stereocenters. The Balaban J connectivity index is 0.0000101. The molecule has 2 rings (SSSR count). The summed E-state index contributed by atoms with van der Waals surface area (Å²) in [6, 6.07) is 17.8. The fourth-order valence-corrected chi connectivity index (χ4v) is 5.96. The first-order valence-corrected chi connectivity index (χ1v) is 19.0. The molecule has 45 heavy (non-hydrogen) atoms. The monoisotopic (exact) mass is 706 g/mol. The van der Waals surface area contributed by atoms with Crippen LogP contribution in [-0.2, 0) is 33.3 Å². The third-order valence-electron chi connectivity index (χ3n) is 8.93. The van der Waals surface area contributed by atoms with Gasteiger partial charge in [-0.05, 0) is 73.9 Å². The Bertz CT molecular complexity index is 977. The summed E-state index contributed by atoms with van der Waals surface area (Å²) >= 11 is 0. The van der Waals surface area contributed by atoms with Crippen LogP contribution in [0.2, 0.25) is 0 Å². The van der Waals surface area contributed by atoms with Gasteiger partial charge in [-0.2, -0.15) is 0 Å². The summed E-state index contributed by atoms with van der Waals surface area (Å²) in [6.45, 7) is 6.85. The molecule has 0 aliphatic carbocycles. The first-order valence-electron chi connectivity index (χ1n) is 19.0. The summed E-state index contributed by atoms with van der Waals surface area (Å²) in [5.41, 5.74) is 6.04. The third-order valence-corrected chi connectivity index (χ3v) is 8.93. The second-order valence-electron chi connectivity index (χ2n) is 13.2. The van der Waals surface area contributed by atoms with E-state index in [1.165, 1.54) is 165 Å². The van der Waals surface area contributed by atoms with Crippen molar-refractivity contribution in [2.24, 2.45) is 9.98 Å². The predicted octanol–water partition coefficient (Wildman–Crippen LogP) is 14.3. The molecule has 2 aromatic carbocycles. The van der Waals surface area contributed by atoms with E-state index in [4.69, 9.17) is 9.98 Å². The van der Waals surface area contributed by atoms with E-state index in [1.807, 2.05) is 6.21 Å². The molecule has 0 spiro atoms. The van der Waals surface area contributed by atoms with Crippen molar-refractivity contribution < 1.29 is 20.4 Å². The van der Waals surface area contributed by atoms with E-state index in [2.05, 4.69) is 69.3 Å². The van der Waals surface area contributed by atoms with Crippen LogP contribution in [0.4, 0.5) is 11.4 Å². The van der Waals surface area contributed by atoms with Gasteiger partial charge in [0.25, 0.3) is 0 Å². The van der Waals surface area contributed by atoms with Crippen molar-refractivity contribution in [2.75, 3.05) is 0 Å². The molecule has 3 heteroatoms. The summed E-state index contributed by atoms with van der Waals surface area (Å²) < 4.78 is 0. The minimum atomic E-state index is 0. The number of hydrogen-bond acceptors (Lipinski definition) is 2. The first-order chi connectivity index (χ1) is 21.7. The summed E-state index contributed by atoms with van der Waals surface area (Å²) in [4.78, 5) is 9.88. The van der Waals surface area contributed by atoms with Crippen LogP contribution in [0.25, 0.3) is 0 Å². The molecule has 0 fully saturated rings. The van der Waals surface area contributed by atoms with E-state index in [-0.39, 0.29) is 20.4 Å². The van der Waals surface area contributed by atoms with E-state index in [0.29, 0.717) is 0 Å². The van der Waals surface area contributed by atoms with Crippen LogP contribution in [0.15, 0.2) is 58.5 Å². The van der Waals surface area contributed by atoms with Crippen LogP contribution in [-0.4, -0.2) is 11.9 Å². The topological polar surface area (TPSA) is 24.7 Å². The third kappa shape index (κ3) is 22.6. The van der Waals surface area contributed by atoms with Crippen molar-refractivity contribution in [3.05, 3.63) is 59.7 Å². The van der Waals surface area contributed by atoms with Crippen molar-refractivity contribution in [2.45, 2.75) is 181 Å². The molecule has 0 aromatic heterocycles. The van der Waals surface area contributed by atoms with Crippen molar-refractivity contribution >= 4 is 23.3 Å². The minimum Gasteiger partial charge on any atom is -0.255 e. The normalized spacial score (nSPS) is 11.8. The maximum atomic E-state index is 5.03. The summed E-state index contributed by atoms with van der Waals surface area (Å²) in [7, 11) is 0. The molecule has 0 saturated heterocycles. The van der Waals surface area contributed by atoms with Crippen molar-refractivity contribution in [1.82, 2.24) is 0 Å². The zero-order valence-corrected chi connectivity index (χ0v) is 31.1. The smallest absolute Gasteiger partial charge is 0.0633 e. The Labute approximate surface area is 293 Å². The Morgan fingerprint density at radius 2 is 0.800 bits per heavy atom. The zero-order chi connectivity index (χ0) is 31.3. The number of aryl methyl sites for hydroxylation is 2. The van der Waals surface area contributed by atoms with Gasteiger partial charge in [0.05, 0.1) is 17.1 Å². The van der Waals surface area contributed by atoms with Gasteiger partial charge in [0.2, 0.25) is 0 Å². The fraction of sp³-hybridized carbons (Fsp3) is 0.667. The average molecular weight is 707 g/mol. The van der Waals surface area contributed by atoms with E-state index >= 15 is 0 Å². The van der Waals surface area contributed by atoms with E-state index in [0.717, 1.165) is 23.5 Å². The van der Waals surface area contributed by atoms with E-state index < -0.39 is 0 Å². The Morgan fingerprint density at radius 1 is 0.444 bits per heavy atom. The van der Waals surface area contributed by atoms with Gasteiger partial charge in [-0.3, -0.25) is 9.98 Å². The Kier molecular flexibility index (Phi) is 27.5. The molecule has 0 aliphatic heterocycles. The molecule has 256 valence electrons. The average Bonchev–Trinajstić information content (AvgIpc) is 3.05. The van der Waals surface area contributed by atoms with Gasteiger partial charge in [-0.1, -0.05) is 167 Å². The Hall–Kier alpha value is -1.56. The van der Waals surface area contributed by atoms with Gasteiger partial charge in [0.15, 0.2) is 0 Å². The van der Waals surface area contributed by atoms with Crippen LogP contribution in [0.5, 0.6) is 0 Å². The molecule has 0 bridgehead atoms. The number of unbranched alkanes of at least 4 members (excludes halogenated alkanes) is 19. The van der Waals surface area contributed by atoms with Crippen LogP contribution in [0.1, 0.15) is 180 Å².